The molecule has 0 saturated carbocycles. The van der Waals surface area contributed by atoms with Gasteiger partial charge in [0.15, 0.2) is 11.5 Å². The number of carbonyl (C=O) groups excluding carboxylic acids is 1. The number of rotatable bonds is 3. The van der Waals surface area contributed by atoms with Crippen LogP contribution in [0.25, 0.3) is 27.9 Å². The van der Waals surface area contributed by atoms with Crippen molar-refractivity contribution >= 4 is 51.6 Å². The van der Waals surface area contributed by atoms with Gasteiger partial charge in [-0.25, -0.2) is 9.38 Å². The molecule has 7 nitrogen and oxygen atoms in total. The molecule has 1 aliphatic rings. The fraction of sp³-hybridized carbons (Fsp3) is 0.185. The van der Waals surface area contributed by atoms with Gasteiger partial charge >= 0.3 is 0 Å². The van der Waals surface area contributed by atoms with Crippen molar-refractivity contribution in [1.82, 2.24) is 24.5 Å². The van der Waals surface area contributed by atoms with Crippen molar-refractivity contribution in [2.45, 2.75) is 6.42 Å². The van der Waals surface area contributed by atoms with Crippen molar-refractivity contribution in [2.24, 2.45) is 0 Å². The fourth-order valence-electron chi connectivity index (χ4n) is 4.69. The maximum absolute atomic E-state index is 13.1. The Morgan fingerprint density at radius 2 is 1.58 bits per heavy atom. The second-order valence-electron chi connectivity index (χ2n) is 8.73. The van der Waals surface area contributed by atoms with Gasteiger partial charge in [-0.1, -0.05) is 47.5 Å². The molecule has 3 heterocycles. The van der Waals surface area contributed by atoms with Gasteiger partial charge in [0.1, 0.15) is 0 Å². The maximum Gasteiger partial charge on any atom is 0.253 e. The summed E-state index contributed by atoms with van der Waals surface area (Å²) in [6, 6.07) is 22.6. The van der Waals surface area contributed by atoms with Gasteiger partial charge in [-0.2, -0.15) is 0 Å². The van der Waals surface area contributed by atoms with Crippen molar-refractivity contribution in [2.75, 3.05) is 31.1 Å². The summed E-state index contributed by atoms with van der Waals surface area (Å²) in [5.41, 5.74) is 3.00. The average molecular weight is 517 g/mol. The highest BCUT2D eigenvalue weighted by atomic mass is 35.5. The van der Waals surface area contributed by atoms with E-state index in [0.29, 0.717) is 41.1 Å². The quantitative estimate of drug-likeness (QED) is 0.312. The van der Waals surface area contributed by atoms with Crippen LogP contribution in [0.1, 0.15) is 16.8 Å². The molecule has 2 aromatic heterocycles. The molecule has 0 spiro atoms. The number of nitrogens with zero attached hydrogens (tertiary/aromatic N) is 6. The highest BCUT2D eigenvalue weighted by Gasteiger charge is 2.25. The lowest BCUT2D eigenvalue weighted by Gasteiger charge is -2.24. The van der Waals surface area contributed by atoms with E-state index in [4.69, 9.17) is 28.2 Å². The standard InChI is InChI=1S/C27H22Cl2N6O/c28-19-12-10-18(11-13-19)26(36)33-14-5-15-34(17-16-33)27-30-23-9-4-2-7-21(23)25-32-31-24(35(25)27)20-6-1-3-8-22(20)29/h1-4,6-13H,5,14-17H2. The number of fused-ring (bicyclic) bond motifs is 3. The first-order chi connectivity index (χ1) is 17.6. The molecule has 9 heteroatoms. The predicted octanol–water partition coefficient (Wildman–Crippen LogP) is 5.60. The average Bonchev–Trinajstić information content (AvgIpc) is 3.19. The number of halogens is 2. The van der Waals surface area contributed by atoms with Crippen LogP contribution in [0.5, 0.6) is 0 Å². The molecule has 0 atom stereocenters. The van der Waals surface area contributed by atoms with Crippen LogP contribution in [-0.4, -0.2) is 56.6 Å². The van der Waals surface area contributed by atoms with E-state index in [1.54, 1.807) is 24.3 Å². The van der Waals surface area contributed by atoms with Gasteiger partial charge in [-0.3, -0.25) is 4.79 Å². The number of amides is 1. The summed E-state index contributed by atoms with van der Waals surface area (Å²) >= 11 is 12.6. The Hall–Kier alpha value is -3.68. The third kappa shape index (κ3) is 4.04. The van der Waals surface area contributed by atoms with Crippen molar-refractivity contribution in [1.29, 1.82) is 0 Å². The van der Waals surface area contributed by atoms with Gasteiger partial charge in [0.25, 0.3) is 5.91 Å². The molecule has 5 aromatic rings. The van der Waals surface area contributed by atoms with E-state index in [-0.39, 0.29) is 5.91 Å². The molecule has 0 radical (unpaired) electrons. The zero-order valence-corrected chi connectivity index (χ0v) is 20.8. The summed E-state index contributed by atoms with van der Waals surface area (Å²) in [7, 11) is 0. The predicted molar refractivity (Wildman–Crippen MR) is 143 cm³/mol. The fourth-order valence-corrected chi connectivity index (χ4v) is 5.04. The molecule has 0 N–H and O–H groups in total. The molecular weight excluding hydrogens is 495 g/mol. The normalized spacial score (nSPS) is 14.4. The number of carbonyl (C=O) groups is 1. The molecular formula is C27H22Cl2N6O. The largest absolute Gasteiger partial charge is 0.340 e. The first-order valence-electron chi connectivity index (χ1n) is 11.8. The molecule has 36 heavy (non-hydrogen) atoms. The molecule has 1 saturated heterocycles. The van der Waals surface area contributed by atoms with Gasteiger partial charge in [0.05, 0.1) is 10.5 Å². The van der Waals surface area contributed by atoms with Gasteiger partial charge in [0, 0.05) is 47.7 Å². The highest BCUT2D eigenvalue weighted by molar-refractivity contribution is 6.33. The van der Waals surface area contributed by atoms with Crippen molar-refractivity contribution < 1.29 is 4.79 Å². The lowest BCUT2D eigenvalue weighted by Crippen LogP contribution is -2.36. The Kier molecular flexibility index (Phi) is 5.95. The van der Waals surface area contributed by atoms with E-state index in [9.17, 15) is 4.79 Å². The summed E-state index contributed by atoms with van der Waals surface area (Å²) in [5.74, 6) is 1.39. The Bertz CT molecular complexity index is 1580. The first-order valence-corrected chi connectivity index (χ1v) is 12.5. The molecule has 0 aliphatic carbocycles. The van der Waals surface area contributed by atoms with E-state index in [0.717, 1.165) is 41.0 Å². The molecule has 180 valence electrons. The summed E-state index contributed by atoms with van der Waals surface area (Å²) in [4.78, 5) is 22.3. The summed E-state index contributed by atoms with van der Waals surface area (Å²) in [5, 5.41) is 11.2. The Balaban J connectivity index is 1.41. The molecule has 0 bridgehead atoms. The summed E-state index contributed by atoms with van der Waals surface area (Å²) in [6.45, 7) is 2.60. The summed E-state index contributed by atoms with van der Waals surface area (Å²) in [6.07, 6.45) is 0.804. The van der Waals surface area contributed by atoms with Crippen molar-refractivity contribution in [3.05, 3.63) is 88.4 Å². The van der Waals surface area contributed by atoms with Gasteiger partial charge < -0.3 is 9.80 Å². The minimum Gasteiger partial charge on any atom is -0.340 e. The van der Waals surface area contributed by atoms with E-state index in [2.05, 4.69) is 15.1 Å². The number of hydrogen-bond donors (Lipinski definition) is 0. The van der Waals surface area contributed by atoms with E-state index in [1.165, 1.54) is 0 Å². The number of hydrogen-bond acceptors (Lipinski definition) is 5. The second kappa shape index (κ2) is 9.41. The monoisotopic (exact) mass is 516 g/mol. The van der Waals surface area contributed by atoms with Crippen molar-refractivity contribution in [3.8, 4) is 11.4 Å². The zero-order chi connectivity index (χ0) is 24.6. The smallest absolute Gasteiger partial charge is 0.253 e. The highest BCUT2D eigenvalue weighted by Crippen LogP contribution is 2.32. The zero-order valence-electron chi connectivity index (χ0n) is 19.3. The molecule has 3 aromatic carbocycles. The Morgan fingerprint density at radius 3 is 2.42 bits per heavy atom. The molecule has 0 unspecified atom stereocenters. The van der Waals surface area contributed by atoms with E-state index in [1.807, 2.05) is 57.8 Å². The second-order valence-corrected chi connectivity index (χ2v) is 9.57. The summed E-state index contributed by atoms with van der Waals surface area (Å²) < 4.78 is 1.99. The molecule has 1 aliphatic heterocycles. The SMILES string of the molecule is O=C(c1ccc(Cl)cc1)N1CCCN(c2nc3ccccc3c3nnc(-c4ccccc4Cl)n23)CC1. The molecule has 1 fully saturated rings. The van der Waals surface area contributed by atoms with Crippen LogP contribution in [0.3, 0.4) is 0 Å². The lowest BCUT2D eigenvalue weighted by atomic mass is 10.2. The minimum absolute atomic E-state index is 0.00573. The Labute approximate surface area is 217 Å². The van der Waals surface area contributed by atoms with Crippen LogP contribution in [0.4, 0.5) is 5.95 Å². The van der Waals surface area contributed by atoms with Crippen LogP contribution in [0, 0.1) is 0 Å². The van der Waals surface area contributed by atoms with E-state index >= 15 is 0 Å². The van der Waals surface area contributed by atoms with Gasteiger partial charge in [0.2, 0.25) is 5.95 Å². The number of aromatic nitrogens is 4. The first kappa shape index (κ1) is 22.8. The third-order valence-corrected chi connectivity index (χ3v) is 7.08. The van der Waals surface area contributed by atoms with Gasteiger partial charge in [-0.15, -0.1) is 10.2 Å². The Morgan fingerprint density at radius 1 is 0.806 bits per heavy atom. The topological polar surface area (TPSA) is 66.6 Å². The van der Waals surface area contributed by atoms with Crippen LogP contribution in [-0.2, 0) is 0 Å². The lowest BCUT2D eigenvalue weighted by molar-refractivity contribution is 0.0767. The number of benzene rings is 3. The molecule has 6 rings (SSSR count). The van der Waals surface area contributed by atoms with Crippen molar-refractivity contribution in [3.63, 3.8) is 0 Å². The minimum atomic E-state index is 0.00573. The van der Waals surface area contributed by atoms with Crippen LogP contribution >= 0.6 is 23.2 Å². The maximum atomic E-state index is 13.1. The van der Waals surface area contributed by atoms with Crippen LogP contribution < -0.4 is 4.90 Å². The van der Waals surface area contributed by atoms with Gasteiger partial charge in [-0.05, 0) is 55.0 Å². The van der Waals surface area contributed by atoms with Crippen LogP contribution in [0.15, 0.2) is 72.8 Å². The van der Waals surface area contributed by atoms with E-state index < -0.39 is 0 Å². The number of anilines is 1. The molecule has 1 amide bonds. The number of para-hydroxylation sites is 1. The van der Waals surface area contributed by atoms with Crippen LogP contribution in [0.2, 0.25) is 10.0 Å². The third-order valence-electron chi connectivity index (χ3n) is 6.50.